The molecule has 0 saturated carbocycles. The second kappa shape index (κ2) is 15.6. The molecule has 250 valence electrons. The fraction of sp³-hybridized carbons (Fsp3) is 0.347. The Bertz CT molecular complexity index is 1860. The molecule has 0 nitrogen and oxygen atoms in total. The molecule has 1 aliphatic carbocycles. The fourth-order valence-electron chi connectivity index (χ4n) is 8.67. The molecule has 0 aliphatic heterocycles. The first-order valence-corrected chi connectivity index (χ1v) is 19.5. The molecule has 1 aliphatic rings. The second-order valence-electron chi connectivity index (χ2n) is 14.8. The Labute approximate surface area is 295 Å². The van der Waals surface area contributed by atoms with E-state index >= 15 is 0 Å². The summed E-state index contributed by atoms with van der Waals surface area (Å²) >= 11 is 0. The lowest BCUT2D eigenvalue weighted by Gasteiger charge is -2.33. The maximum atomic E-state index is 2.60. The van der Waals surface area contributed by atoms with Gasteiger partial charge < -0.3 is 0 Å². The highest BCUT2D eigenvalue weighted by atomic mass is 14.5. The summed E-state index contributed by atoms with van der Waals surface area (Å²) in [6, 6.07) is 46.4. The Morgan fingerprint density at radius 3 is 1.16 bits per heavy atom. The summed E-state index contributed by atoms with van der Waals surface area (Å²) in [5.74, 6) is 0. The van der Waals surface area contributed by atoms with Crippen LogP contribution in [0, 0.1) is 0 Å². The van der Waals surface area contributed by atoms with E-state index in [0.717, 1.165) is 0 Å². The third-order valence-electron chi connectivity index (χ3n) is 11.4. The molecular formula is C49H54. The highest BCUT2D eigenvalue weighted by molar-refractivity contribution is 5.91. The van der Waals surface area contributed by atoms with Crippen molar-refractivity contribution in [2.45, 2.75) is 109 Å². The number of unbranched alkanes of at least 4 members (excludes halogenated alkanes) is 10. The average molecular weight is 643 g/mol. The SMILES string of the molecule is CCCCCCCCC1(CCCCCCCC)c2cc(-c3ccc4ccccc4c3)ccc2-c2ccc(-c3ccc4ccccc4c3)cc21. The Balaban J connectivity index is 1.32. The zero-order valence-corrected chi connectivity index (χ0v) is 29.9. The minimum atomic E-state index is 0.0416. The molecule has 0 aromatic heterocycles. The van der Waals surface area contributed by atoms with Crippen molar-refractivity contribution in [3.05, 3.63) is 132 Å². The fourth-order valence-corrected chi connectivity index (χ4v) is 8.67. The first kappa shape index (κ1) is 33.3. The van der Waals surface area contributed by atoms with Gasteiger partial charge in [-0.25, -0.2) is 0 Å². The number of rotatable bonds is 16. The zero-order chi connectivity index (χ0) is 33.5. The standard InChI is InChI=1S/C49H54/c1-3-5-7-9-11-17-31-49(32-18-12-10-8-6-4-2)47-35-43(41-25-23-37-19-13-15-21-39(37)33-41)27-29-45(47)46-30-28-44(36-48(46)49)42-26-24-38-20-14-16-22-40(38)34-42/h13-16,19-30,33-36H,3-12,17-18,31-32H2,1-2H3. The van der Waals surface area contributed by atoms with Gasteiger partial charge in [-0.05, 0) is 103 Å². The quantitative estimate of drug-likeness (QED) is 0.0922. The van der Waals surface area contributed by atoms with Crippen LogP contribution in [0.1, 0.15) is 115 Å². The van der Waals surface area contributed by atoms with Crippen molar-refractivity contribution in [2.75, 3.05) is 0 Å². The van der Waals surface area contributed by atoms with Gasteiger partial charge in [0, 0.05) is 5.41 Å². The Morgan fingerprint density at radius 2 is 0.714 bits per heavy atom. The van der Waals surface area contributed by atoms with Gasteiger partial charge in [-0.3, -0.25) is 0 Å². The largest absolute Gasteiger partial charge is 0.0654 e. The second-order valence-corrected chi connectivity index (χ2v) is 14.8. The molecule has 6 aromatic carbocycles. The van der Waals surface area contributed by atoms with Crippen molar-refractivity contribution in [3.8, 4) is 33.4 Å². The van der Waals surface area contributed by atoms with Gasteiger partial charge in [0.2, 0.25) is 0 Å². The van der Waals surface area contributed by atoms with Gasteiger partial charge in [0.25, 0.3) is 0 Å². The van der Waals surface area contributed by atoms with E-state index < -0.39 is 0 Å². The molecular weight excluding hydrogens is 589 g/mol. The Hall–Kier alpha value is -4.16. The minimum absolute atomic E-state index is 0.0416. The van der Waals surface area contributed by atoms with Gasteiger partial charge in [0.15, 0.2) is 0 Å². The van der Waals surface area contributed by atoms with Crippen LogP contribution in [-0.4, -0.2) is 0 Å². The number of benzene rings is 6. The molecule has 0 saturated heterocycles. The molecule has 0 heterocycles. The highest BCUT2D eigenvalue weighted by Crippen LogP contribution is 2.56. The van der Waals surface area contributed by atoms with Gasteiger partial charge in [-0.1, -0.05) is 188 Å². The van der Waals surface area contributed by atoms with Gasteiger partial charge in [0.1, 0.15) is 0 Å². The molecule has 0 atom stereocenters. The summed E-state index contributed by atoms with van der Waals surface area (Å²) in [7, 11) is 0. The van der Waals surface area contributed by atoms with Crippen LogP contribution in [0.5, 0.6) is 0 Å². The number of hydrogen-bond donors (Lipinski definition) is 0. The van der Waals surface area contributed by atoms with Gasteiger partial charge in [-0.2, -0.15) is 0 Å². The molecule has 0 heteroatoms. The van der Waals surface area contributed by atoms with E-state index in [0.29, 0.717) is 0 Å². The van der Waals surface area contributed by atoms with Crippen LogP contribution < -0.4 is 0 Å². The lowest BCUT2D eigenvalue weighted by atomic mass is 9.70. The summed E-state index contributed by atoms with van der Waals surface area (Å²) in [5.41, 5.74) is 11.5. The molecule has 0 bridgehead atoms. The van der Waals surface area contributed by atoms with Crippen LogP contribution in [0.15, 0.2) is 121 Å². The third-order valence-corrected chi connectivity index (χ3v) is 11.4. The lowest BCUT2D eigenvalue weighted by Crippen LogP contribution is -2.25. The number of hydrogen-bond acceptors (Lipinski definition) is 0. The average Bonchev–Trinajstić information content (AvgIpc) is 3.42. The Kier molecular flexibility index (Phi) is 10.6. The maximum absolute atomic E-state index is 2.60. The van der Waals surface area contributed by atoms with Crippen molar-refractivity contribution in [2.24, 2.45) is 0 Å². The predicted molar refractivity (Wildman–Crippen MR) is 215 cm³/mol. The van der Waals surface area contributed by atoms with E-state index in [4.69, 9.17) is 0 Å². The smallest absolute Gasteiger partial charge is 0.0215 e. The lowest BCUT2D eigenvalue weighted by molar-refractivity contribution is 0.398. The van der Waals surface area contributed by atoms with E-state index in [1.807, 2.05) is 0 Å². The first-order valence-electron chi connectivity index (χ1n) is 19.5. The summed E-state index contributed by atoms with van der Waals surface area (Å²) in [4.78, 5) is 0. The molecule has 0 radical (unpaired) electrons. The molecule has 49 heavy (non-hydrogen) atoms. The van der Waals surface area contributed by atoms with Crippen LogP contribution in [0.2, 0.25) is 0 Å². The van der Waals surface area contributed by atoms with Crippen LogP contribution in [-0.2, 0) is 5.41 Å². The third kappa shape index (κ3) is 7.12. The normalized spacial score (nSPS) is 13.2. The van der Waals surface area contributed by atoms with Gasteiger partial charge in [0.05, 0.1) is 0 Å². The van der Waals surface area contributed by atoms with Crippen LogP contribution >= 0.6 is 0 Å². The van der Waals surface area contributed by atoms with Crippen LogP contribution in [0.3, 0.4) is 0 Å². The number of fused-ring (bicyclic) bond motifs is 5. The summed E-state index contributed by atoms with van der Waals surface area (Å²) in [6.07, 6.45) is 18.5. The van der Waals surface area contributed by atoms with Crippen molar-refractivity contribution in [1.29, 1.82) is 0 Å². The first-order chi connectivity index (χ1) is 24.2. The van der Waals surface area contributed by atoms with E-state index in [1.165, 1.54) is 145 Å². The zero-order valence-electron chi connectivity index (χ0n) is 29.9. The van der Waals surface area contributed by atoms with Crippen LogP contribution in [0.25, 0.3) is 54.9 Å². The molecule has 0 N–H and O–H groups in total. The van der Waals surface area contributed by atoms with E-state index in [2.05, 4.69) is 135 Å². The molecule has 0 fully saturated rings. The summed E-state index contributed by atoms with van der Waals surface area (Å²) < 4.78 is 0. The molecule has 0 unspecified atom stereocenters. The molecule has 0 spiro atoms. The van der Waals surface area contributed by atoms with Gasteiger partial charge in [-0.15, -0.1) is 0 Å². The predicted octanol–water partition coefficient (Wildman–Crippen LogP) is 15.1. The molecule has 7 rings (SSSR count). The minimum Gasteiger partial charge on any atom is -0.0654 e. The van der Waals surface area contributed by atoms with Crippen molar-refractivity contribution in [1.82, 2.24) is 0 Å². The topological polar surface area (TPSA) is 0 Å². The van der Waals surface area contributed by atoms with Crippen molar-refractivity contribution in [3.63, 3.8) is 0 Å². The van der Waals surface area contributed by atoms with E-state index in [-0.39, 0.29) is 5.41 Å². The van der Waals surface area contributed by atoms with E-state index in [9.17, 15) is 0 Å². The molecule has 6 aromatic rings. The summed E-state index contributed by atoms with van der Waals surface area (Å²) in [5, 5.41) is 5.24. The van der Waals surface area contributed by atoms with Gasteiger partial charge >= 0.3 is 0 Å². The summed E-state index contributed by atoms with van der Waals surface area (Å²) in [6.45, 7) is 4.64. The van der Waals surface area contributed by atoms with Crippen molar-refractivity contribution < 1.29 is 0 Å². The molecule has 0 amide bonds. The van der Waals surface area contributed by atoms with Crippen molar-refractivity contribution >= 4 is 21.5 Å². The van der Waals surface area contributed by atoms with E-state index in [1.54, 1.807) is 11.1 Å². The highest BCUT2D eigenvalue weighted by Gasteiger charge is 2.42. The Morgan fingerprint density at radius 1 is 0.347 bits per heavy atom. The van der Waals surface area contributed by atoms with Crippen LogP contribution in [0.4, 0.5) is 0 Å². The maximum Gasteiger partial charge on any atom is 0.0215 e. The monoisotopic (exact) mass is 642 g/mol.